The topological polar surface area (TPSA) is 9.23 Å². The summed E-state index contributed by atoms with van der Waals surface area (Å²) in [6.45, 7) is 1.43. The SMILES string of the molecule is CSc1ccccc1C(Cl)c1ccc2c(c1)COC2. The molecule has 3 rings (SSSR count). The van der Waals surface area contributed by atoms with Gasteiger partial charge in [-0.15, -0.1) is 23.4 Å². The Morgan fingerprint density at radius 3 is 2.74 bits per heavy atom. The predicted molar refractivity (Wildman–Crippen MR) is 80.9 cm³/mol. The van der Waals surface area contributed by atoms with Gasteiger partial charge in [0.25, 0.3) is 0 Å². The standard InChI is InChI=1S/C16H15ClOS/c1-19-15-5-3-2-4-14(15)16(17)11-6-7-12-9-18-10-13(12)8-11/h2-8,16H,9-10H2,1H3. The van der Waals surface area contributed by atoms with Gasteiger partial charge in [-0.25, -0.2) is 0 Å². The molecule has 1 aliphatic heterocycles. The lowest BCUT2D eigenvalue weighted by atomic mass is 10.00. The van der Waals surface area contributed by atoms with Gasteiger partial charge in [0, 0.05) is 4.90 Å². The summed E-state index contributed by atoms with van der Waals surface area (Å²) in [5.74, 6) is 0. The van der Waals surface area contributed by atoms with Crippen molar-refractivity contribution in [3.8, 4) is 0 Å². The molecule has 0 bridgehead atoms. The first kappa shape index (κ1) is 13.0. The summed E-state index contributed by atoms with van der Waals surface area (Å²) in [6, 6.07) is 14.7. The van der Waals surface area contributed by atoms with E-state index < -0.39 is 0 Å². The Morgan fingerprint density at radius 2 is 1.89 bits per heavy atom. The lowest BCUT2D eigenvalue weighted by Gasteiger charge is -2.14. The van der Waals surface area contributed by atoms with E-state index in [1.165, 1.54) is 21.6 Å². The monoisotopic (exact) mass is 290 g/mol. The number of ether oxygens (including phenoxy) is 1. The van der Waals surface area contributed by atoms with Crippen LogP contribution in [0.3, 0.4) is 0 Å². The Balaban J connectivity index is 1.97. The highest BCUT2D eigenvalue weighted by atomic mass is 35.5. The molecule has 2 aromatic carbocycles. The highest BCUT2D eigenvalue weighted by Crippen LogP contribution is 2.36. The van der Waals surface area contributed by atoms with Crippen molar-refractivity contribution in [2.75, 3.05) is 6.26 Å². The fraction of sp³-hybridized carbons (Fsp3) is 0.250. The van der Waals surface area contributed by atoms with Gasteiger partial charge >= 0.3 is 0 Å². The molecule has 0 saturated heterocycles. The zero-order valence-electron chi connectivity index (χ0n) is 10.7. The van der Waals surface area contributed by atoms with Crippen LogP contribution in [0.1, 0.15) is 27.6 Å². The molecule has 0 spiro atoms. The Kier molecular flexibility index (Phi) is 3.83. The van der Waals surface area contributed by atoms with E-state index in [-0.39, 0.29) is 5.38 Å². The summed E-state index contributed by atoms with van der Waals surface area (Å²) in [7, 11) is 0. The Hall–Kier alpha value is -0.960. The number of thioether (sulfide) groups is 1. The van der Waals surface area contributed by atoms with Gasteiger partial charge in [-0.1, -0.05) is 36.4 Å². The number of alkyl halides is 1. The van der Waals surface area contributed by atoms with Gasteiger partial charge in [-0.2, -0.15) is 0 Å². The van der Waals surface area contributed by atoms with Gasteiger partial charge < -0.3 is 4.74 Å². The maximum atomic E-state index is 6.66. The summed E-state index contributed by atoms with van der Waals surface area (Å²) in [6.07, 6.45) is 2.08. The van der Waals surface area contributed by atoms with Crippen LogP contribution >= 0.6 is 23.4 Å². The maximum absolute atomic E-state index is 6.66. The minimum atomic E-state index is -0.102. The van der Waals surface area contributed by atoms with E-state index in [1.54, 1.807) is 11.8 Å². The van der Waals surface area contributed by atoms with Crippen molar-refractivity contribution in [3.05, 3.63) is 64.7 Å². The summed E-state index contributed by atoms with van der Waals surface area (Å²) < 4.78 is 5.45. The van der Waals surface area contributed by atoms with Crippen molar-refractivity contribution in [3.63, 3.8) is 0 Å². The van der Waals surface area contributed by atoms with Crippen molar-refractivity contribution in [1.82, 2.24) is 0 Å². The maximum Gasteiger partial charge on any atom is 0.0846 e. The third-order valence-electron chi connectivity index (χ3n) is 3.45. The minimum absolute atomic E-state index is 0.102. The van der Waals surface area contributed by atoms with Gasteiger partial charge in [0.2, 0.25) is 0 Å². The van der Waals surface area contributed by atoms with E-state index in [0.717, 1.165) is 12.2 Å². The average molecular weight is 291 g/mol. The third-order valence-corrected chi connectivity index (χ3v) is 4.75. The van der Waals surface area contributed by atoms with Crippen LogP contribution in [0, 0.1) is 0 Å². The first-order chi connectivity index (χ1) is 9.29. The van der Waals surface area contributed by atoms with Crippen molar-refractivity contribution in [2.24, 2.45) is 0 Å². The molecule has 0 saturated carbocycles. The fourth-order valence-corrected chi connectivity index (χ4v) is 3.43. The summed E-state index contributed by atoms with van der Waals surface area (Å²) in [4.78, 5) is 1.24. The average Bonchev–Trinajstić information content (AvgIpc) is 2.93. The zero-order valence-corrected chi connectivity index (χ0v) is 12.3. The molecule has 0 aliphatic carbocycles. The number of hydrogen-bond donors (Lipinski definition) is 0. The second-order valence-corrected chi connectivity index (χ2v) is 5.91. The molecule has 1 atom stereocenters. The number of fused-ring (bicyclic) bond motifs is 1. The largest absolute Gasteiger partial charge is 0.372 e. The van der Waals surface area contributed by atoms with Crippen LogP contribution in [-0.4, -0.2) is 6.26 Å². The van der Waals surface area contributed by atoms with Crippen molar-refractivity contribution < 1.29 is 4.74 Å². The Bertz CT molecular complexity index is 597. The van der Waals surface area contributed by atoms with E-state index >= 15 is 0 Å². The van der Waals surface area contributed by atoms with Crippen LogP contribution in [0.15, 0.2) is 47.4 Å². The lowest BCUT2D eigenvalue weighted by Crippen LogP contribution is -1.97. The fourth-order valence-electron chi connectivity index (χ4n) is 2.40. The van der Waals surface area contributed by atoms with Crippen LogP contribution < -0.4 is 0 Å². The van der Waals surface area contributed by atoms with E-state index in [1.807, 2.05) is 6.07 Å². The van der Waals surface area contributed by atoms with Crippen LogP contribution in [0.25, 0.3) is 0 Å². The summed E-state index contributed by atoms with van der Waals surface area (Å²) in [5, 5.41) is -0.102. The molecular weight excluding hydrogens is 276 g/mol. The summed E-state index contributed by atoms with van der Waals surface area (Å²) >= 11 is 8.40. The molecule has 98 valence electrons. The third kappa shape index (κ3) is 2.53. The van der Waals surface area contributed by atoms with Gasteiger partial charge in [-0.3, -0.25) is 0 Å². The number of rotatable bonds is 3. The van der Waals surface area contributed by atoms with E-state index in [0.29, 0.717) is 6.61 Å². The molecule has 0 amide bonds. The van der Waals surface area contributed by atoms with E-state index in [4.69, 9.17) is 16.3 Å². The molecular formula is C16H15ClOS. The van der Waals surface area contributed by atoms with Crippen molar-refractivity contribution in [2.45, 2.75) is 23.5 Å². The smallest absolute Gasteiger partial charge is 0.0846 e. The normalized spacial score (nSPS) is 15.3. The minimum Gasteiger partial charge on any atom is -0.372 e. The number of benzene rings is 2. The number of hydrogen-bond acceptors (Lipinski definition) is 2. The van der Waals surface area contributed by atoms with E-state index in [9.17, 15) is 0 Å². The molecule has 1 aliphatic rings. The van der Waals surface area contributed by atoms with Gasteiger partial charge in [0.05, 0.1) is 18.6 Å². The van der Waals surface area contributed by atoms with Gasteiger partial charge in [-0.05, 0) is 34.6 Å². The Labute approximate surface area is 122 Å². The quantitative estimate of drug-likeness (QED) is 0.595. The zero-order chi connectivity index (χ0) is 13.2. The molecule has 0 aromatic heterocycles. The molecule has 1 nitrogen and oxygen atoms in total. The lowest BCUT2D eigenvalue weighted by molar-refractivity contribution is 0.134. The molecule has 3 heteroatoms. The van der Waals surface area contributed by atoms with Gasteiger partial charge in [0.1, 0.15) is 0 Å². The van der Waals surface area contributed by atoms with Crippen LogP contribution in [0.2, 0.25) is 0 Å². The molecule has 19 heavy (non-hydrogen) atoms. The Morgan fingerprint density at radius 1 is 1.11 bits per heavy atom. The van der Waals surface area contributed by atoms with Gasteiger partial charge in [0.15, 0.2) is 0 Å². The number of halogens is 1. The van der Waals surface area contributed by atoms with Crippen molar-refractivity contribution >= 4 is 23.4 Å². The van der Waals surface area contributed by atoms with E-state index in [2.05, 4.69) is 42.7 Å². The molecule has 0 radical (unpaired) electrons. The highest BCUT2D eigenvalue weighted by Gasteiger charge is 2.17. The van der Waals surface area contributed by atoms with Crippen LogP contribution in [0.4, 0.5) is 0 Å². The molecule has 0 N–H and O–H groups in total. The molecule has 1 heterocycles. The van der Waals surface area contributed by atoms with Crippen molar-refractivity contribution in [1.29, 1.82) is 0 Å². The summed E-state index contributed by atoms with van der Waals surface area (Å²) in [5.41, 5.74) is 4.87. The first-order valence-corrected chi connectivity index (χ1v) is 7.92. The first-order valence-electron chi connectivity index (χ1n) is 6.26. The predicted octanol–water partition coefficient (Wildman–Crippen LogP) is 4.77. The molecule has 2 aromatic rings. The van der Waals surface area contributed by atoms with Crippen LogP contribution in [0.5, 0.6) is 0 Å². The second-order valence-electron chi connectivity index (χ2n) is 4.63. The highest BCUT2D eigenvalue weighted by molar-refractivity contribution is 7.98. The molecule has 1 unspecified atom stereocenters. The van der Waals surface area contributed by atoms with Crippen LogP contribution in [-0.2, 0) is 18.0 Å². The second kappa shape index (κ2) is 5.58. The molecule has 0 fully saturated rings.